The van der Waals surface area contributed by atoms with Crippen molar-refractivity contribution in [2.75, 3.05) is 18.0 Å². The molecular weight excluding hydrogens is 428 g/mol. The number of rotatable bonds is 6. The number of carbonyl (C=O) groups is 3. The Morgan fingerprint density at radius 3 is 2.44 bits per heavy atom. The van der Waals surface area contributed by atoms with Crippen molar-refractivity contribution in [3.8, 4) is 0 Å². The number of carbonyl (C=O) groups excluding carboxylic acids is 3. The second kappa shape index (κ2) is 9.47. The Hall–Kier alpha value is -4.00. The Bertz CT molecular complexity index is 1240. The molecule has 1 aromatic heterocycles. The Morgan fingerprint density at radius 1 is 0.882 bits per heavy atom. The molecule has 5 rings (SSSR count). The fourth-order valence-electron chi connectivity index (χ4n) is 4.58. The predicted octanol–water partition coefficient (Wildman–Crippen LogP) is 3.80. The minimum atomic E-state index is -0.377. The zero-order chi connectivity index (χ0) is 23.5. The maximum absolute atomic E-state index is 12.9. The van der Waals surface area contributed by atoms with Crippen molar-refractivity contribution >= 4 is 23.5 Å². The normalized spacial score (nSPS) is 15.4. The van der Waals surface area contributed by atoms with Crippen molar-refractivity contribution in [2.45, 2.75) is 32.4 Å². The van der Waals surface area contributed by atoms with Gasteiger partial charge >= 0.3 is 0 Å². The zero-order valence-electron chi connectivity index (χ0n) is 18.9. The lowest BCUT2D eigenvalue weighted by atomic mass is 10.1. The van der Waals surface area contributed by atoms with E-state index >= 15 is 0 Å². The summed E-state index contributed by atoms with van der Waals surface area (Å²) < 4.78 is 0. The van der Waals surface area contributed by atoms with E-state index in [4.69, 9.17) is 0 Å². The van der Waals surface area contributed by atoms with Gasteiger partial charge in [-0.2, -0.15) is 0 Å². The molecule has 7 nitrogen and oxygen atoms in total. The number of fused-ring (bicyclic) bond motifs is 1. The predicted molar refractivity (Wildman–Crippen MR) is 129 cm³/mol. The summed E-state index contributed by atoms with van der Waals surface area (Å²) in [5, 5.41) is 2.95. The summed E-state index contributed by atoms with van der Waals surface area (Å²) in [5.74, 6) is -0.0951. The first kappa shape index (κ1) is 21.8. The van der Waals surface area contributed by atoms with E-state index in [1.54, 1.807) is 18.3 Å². The smallest absolute Gasteiger partial charge is 0.261 e. The van der Waals surface area contributed by atoms with Crippen LogP contribution in [0.2, 0.25) is 0 Å². The van der Waals surface area contributed by atoms with Gasteiger partial charge in [0.25, 0.3) is 17.7 Å². The minimum absolute atomic E-state index is 0.203. The quantitative estimate of drug-likeness (QED) is 0.573. The average Bonchev–Trinajstić information content (AvgIpc) is 3.13. The third-order valence-electron chi connectivity index (χ3n) is 6.38. The molecule has 0 bridgehead atoms. The van der Waals surface area contributed by atoms with Crippen LogP contribution in [0, 0.1) is 0 Å². The van der Waals surface area contributed by atoms with Gasteiger partial charge in [0, 0.05) is 37.0 Å². The molecule has 0 aliphatic carbocycles. The number of benzene rings is 2. The Balaban J connectivity index is 1.29. The van der Waals surface area contributed by atoms with Crippen molar-refractivity contribution in [1.82, 2.24) is 15.2 Å². The summed E-state index contributed by atoms with van der Waals surface area (Å²) in [6.07, 6.45) is 5.30. The first-order valence-electron chi connectivity index (χ1n) is 11.6. The summed E-state index contributed by atoms with van der Waals surface area (Å²) >= 11 is 0. The second-order valence-corrected chi connectivity index (χ2v) is 8.66. The van der Waals surface area contributed by atoms with Crippen LogP contribution in [0.15, 0.2) is 66.9 Å². The van der Waals surface area contributed by atoms with E-state index < -0.39 is 0 Å². The van der Waals surface area contributed by atoms with Crippen LogP contribution >= 0.6 is 0 Å². The number of pyridine rings is 1. The summed E-state index contributed by atoms with van der Waals surface area (Å²) in [7, 11) is 0. The first-order valence-corrected chi connectivity index (χ1v) is 11.6. The number of amides is 3. The van der Waals surface area contributed by atoms with Crippen molar-refractivity contribution in [1.29, 1.82) is 0 Å². The molecule has 2 aromatic carbocycles. The van der Waals surface area contributed by atoms with Gasteiger partial charge in [-0.3, -0.25) is 19.3 Å². The molecule has 0 unspecified atom stereocenters. The van der Waals surface area contributed by atoms with Crippen LogP contribution in [-0.2, 0) is 13.1 Å². The molecule has 2 aliphatic heterocycles. The molecule has 7 heteroatoms. The maximum atomic E-state index is 12.9. The summed E-state index contributed by atoms with van der Waals surface area (Å²) in [6, 6.07) is 17.9. The zero-order valence-corrected chi connectivity index (χ0v) is 18.9. The Labute approximate surface area is 198 Å². The molecule has 1 fully saturated rings. The van der Waals surface area contributed by atoms with Gasteiger partial charge in [-0.05, 0) is 49.1 Å². The van der Waals surface area contributed by atoms with E-state index in [0.717, 1.165) is 42.9 Å². The summed E-state index contributed by atoms with van der Waals surface area (Å²) in [5.41, 5.74) is 2.78. The van der Waals surface area contributed by atoms with Crippen LogP contribution in [-0.4, -0.2) is 40.7 Å². The van der Waals surface area contributed by atoms with Crippen molar-refractivity contribution in [3.05, 3.63) is 94.7 Å². The molecule has 3 amide bonds. The van der Waals surface area contributed by atoms with E-state index in [2.05, 4.69) is 15.2 Å². The third kappa shape index (κ3) is 4.29. The molecule has 172 valence electrons. The highest BCUT2D eigenvalue weighted by molar-refractivity contribution is 6.22. The van der Waals surface area contributed by atoms with Gasteiger partial charge in [-0.1, -0.05) is 36.4 Å². The molecule has 0 atom stereocenters. The number of imide groups is 1. The molecule has 34 heavy (non-hydrogen) atoms. The lowest BCUT2D eigenvalue weighted by Crippen LogP contribution is -2.32. The molecule has 2 aliphatic rings. The highest BCUT2D eigenvalue weighted by Gasteiger charge is 2.36. The molecule has 0 saturated carbocycles. The molecule has 3 aromatic rings. The average molecular weight is 455 g/mol. The van der Waals surface area contributed by atoms with Crippen molar-refractivity contribution in [2.24, 2.45) is 0 Å². The standard InChI is InChI=1S/C27H26N4O3/c32-25(29-17-21-10-7-13-28-24(21)30-14-5-2-6-15-30)20-11-12-22-23(16-20)27(34)31(26(22)33)18-19-8-3-1-4-9-19/h1,3-4,7-13,16H,2,5-6,14-15,17-18H2,(H,29,32). The number of hydrogen-bond donors (Lipinski definition) is 1. The van der Waals surface area contributed by atoms with Crippen LogP contribution in [0.4, 0.5) is 5.82 Å². The van der Waals surface area contributed by atoms with Gasteiger partial charge in [-0.15, -0.1) is 0 Å². The van der Waals surface area contributed by atoms with Gasteiger partial charge in [0.15, 0.2) is 0 Å². The minimum Gasteiger partial charge on any atom is -0.356 e. The van der Waals surface area contributed by atoms with Gasteiger partial charge in [0.2, 0.25) is 0 Å². The third-order valence-corrected chi connectivity index (χ3v) is 6.38. The van der Waals surface area contributed by atoms with Crippen LogP contribution in [0.1, 0.15) is 61.5 Å². The van der Waals surface area contributed by atoms with E-state index in [1.807, 2.05) is 42.5 Å². The highest BCUT2D eigenvalue weighted by Crippen LogP contribution is 2.26. The molecule has 1 N–H and O–H groups in total. The fraction of sp³-hybridized carbons (Fsp3) is 0.259. The maximum Gasteiger partial charge on any atom is 0.261 e. The molecular formula is C27H26N4O3. The summed E-state index contributed by atoms with van der Waals surface area (Å²) in [6.45, 7) is 2.48. The largest absolute Gasteiger partial charge is 0.356 e. The Morgan fingerprint density at radius 2 is 1.65 bits per heavy atom. The Kier molecular flexibility index (Phi) is 6.08. The lowest BCUT2D eigenvalue weighted by molar-refractivity contribution is 0.0642. The molecule has 0 radical (unpaired) electrons. The number of piperidine rings is 1. The monoisotopic (exact) mass is 454 g/mol. The van der Waals surface area contributed by atoms with Crippen LogP contribution < -0.4 is 10.2 Å². The van der Waals surface area contributed by atoms with Crippen LogP contribution in [0.5, 0.6) is 0 Å². The van der Waals surface area contributed by atoms with E-state index in [-0.39, 0.29) is 29.8 Å². The van der Waals surface area contributed by atoms with Gasteiger partial charge in [-0.25, -0.2) is 4.98 Å². The van der Waals surface area contributed by atoms with Gasteiger partial charge < -0.3 is 10.2 Å². The van der Waals surface area contributed by atoms with Gasteiger partial charge in [0.05, 0.1) is 17.7 Å². The molecule has 1 saturated heterocycles. The van der Waals surface area contributed by atoms with E-state index in [9.17, 15) is 14.4 Å². The SMILES string of the molecule is O=C(NCc1cccnc1N1CCCCC1)c1ccc2c(c1)C(=O)N(Cc1ccccc1)C2=O. The van der Waals surface area contributed by atoms with Gasteiger partial charge in [0.1, 0.15) is 5.82 Å². The van der Waals surface area contributed by atoms with E-state index in [0.29, 0.717) is 17.7 Å². The lowest BCUT2D eigenvalue weighted by Gasteiger charge is -2.29. The first-order chi connectivity index (χ1) is 16.6. The van der Waals surface area contributed by atoms with Crippen LogP contribution in [0.25, 0.3) is 0 Å². The number of hydrogen-bond acceptors (Lipinski definition) is 5. The van der Waals surface area contributed by atoms with Crippen molar-refractivity contribution in [3.63, 3.8) is 0 Å². The summed E-state index contributed by atoms with van der Waals surface area (Å²) in [4.78, 5) is 46.7. The van der Waals surface area contributed by atoms with Crippen molar-refractivity contribution < 1.29 is 14.4 Å². The van der Waals surface area contributed by atoms with Crippen LogP contribution in [0.3, 0.4) is 0 Å². The number of anilines is 1. The fourth-order valence-corrected chi connectivity index (χ4v) is 4.58. The topological polar surface area (TPSA) is 82.6 Å². The highest BCUT2D eigenvalue weighted by atomic mass is 16.2. The number of aromatic nitrogens is 1. The van der Waals surface area contributed by atoms with E-state index in [1.165, 1.54) is 17.4 Å². The second-order valence-electron chi connectivity index (χ2n) is 8.66. The molecule has 3 heterocycles. The number of nitrogens with one attached hydrogen (secondary N) is 1. The molecule has 0 spiro atoms. The number of nitrogens with zero attached hydrogens (tertiary/aromatic N) is 3.